The van der Waals surface area contributed by atoms with Gasteiger partial charge in [0.2, 0.25) is 5.91 Å². The number of aromatic nitrogens is 2. The molecule has 0 aliphatic heterocycles. The molecule has 160 valence electrons. The van der Waals surface area contributed by atoms with E-state index in [0.29, 0.717) is 17.9 Å². The summed E-state index contributed by atoms with van der Waals surface area (Å²) in [5.74, 6) is -0.126. The van der Waals surface area contributed by atoms with Crippen molar-refractivity contribution in [1.82, 2.24) is 20.2 Å². The minimum atomic E-state index is -0.902. The second-order valence-corrected chi connectivity index (χ2v) is 7.11. The van der Waals surface area contributed by atoms with Gasteiger partial charge in [0, 0.05) is 25.1 Å². The first-order valence-electron chi connectivity index (χ1n) is 10.2. The number of furan rings is 1. The molecule has 0 radical (unpaired) electrons. The minimum Gasteiger partial charge on any atom is -0.467 e. The van der Waals surface area contributed by atoms with Crippen molar-refractivity contribution in [2.45, 2.75) is 19.1 Å². The largest absolute Gasteiger partial charge is 0.467 e. The number of nitrogens with one attached hydrogen (secondary N) is 1. The first-order valence-corrected chi connectivity index (χ1v) is 10.2. The Morgan fingerprint density at radius 3 is 2.38 bits per heavy atom. The molecule has 1 atom stereocenters. The van der Waals surface area contributed by atoms with Gasteiger partial charge < -0.3 is 14.6 Å². The fraction of sp³-hybridized carbons (Fsp3) is 0.120. The third-order valence-electron chi connectivity index (χ3n) is 4.94. The van der Waals surface area contributed by atoms with E-state index < -0.39 is 6.04 Å². The van der Waals surface area contributed by atoms with Crippen LogP contribution in [0.15, 0.2) is 102 Å². The third kappa shape index (κ3) is 5.07. The Balaban J connectivity index is 1.68. The zero-order chi connectivity index (χ0) is 22.2. The van der Waals surface area contributed by atoms with Gasteiger partial charge in [-0.25, -0.2) is 0 Å². The van der Waals surface area contributed by atoms with Crippen molar-refractivity contribution in [1.29, 1.82) is 0 Å². The van der Waals surface area contributed by atoms with E-state index in [1.807, 2.05) is 30.3 Å². The molecule has 0 aliphatic carbocycles. The van der Waals surface area contributed by atoms with E-state index in [9.17, 15) is 9.59 Å². The van der Waals surface area contributed by atoms with Gasteiger partial charge in [0.25, 0.3) is 5.91 Å². The molecule has 0 unspecified atom stereocenters. The zero-order valence-electron chi connectivity index (χ0n) is 17.3. The summed E-state index contributed by atoms with van der Waals surface area (Å²) in [5.41, 5.74) is 1.85. The summed E-state index contributed by atoms with van der Waals surface area (Å²) in [5, 5.41) is 2.96. The molecular weight excluding hydrogens is 404 g/mol. The maximum atomic E-state index is 13.5. The normalized spacial score (nSPS) is 11.5. The van der Waals surface area contributed by atoms with Crippen LogP contribution in [0.2, 0.25) is 0 Å². The highest BCUT2D eigenvalue weighted by molar-refractivity contribution is 5.96. The van der Waals surface area contributed by atoms with Gasteiger partial charge >= 0.3 is 0 Å². The number of hydrogen-bond acceptors (Lipinski definition) is 5. The minimum absolute atomic E-state index is 0.105. The van der Waals surface area contributed by atoms with Gasteiger partial charge in [-0.1, -0.05) is 36.4 Å². The Morgan fingerprint density at radius 1 is 0.906 bits per heavy atom. The Kier molecular flexibility index (Phi) is 6.67. The van der Waals surface area contributed by atoms with Crippen LogP contribution in [0.5, 0.6) is 0 Å². The average molecular weight is 426 g/mol. The lowest BCUT2D eigenvalue weighted by Gasteiger charge is -2.30. The van der Waals surface area contributed by atoms with Gasteiger partial charge in [0.15, 0.2) is 0 Å². The molecule has 7 heteroatoms. The average Bonchev–Trinajstić information content (AvgIpc) is 3.37. The summed E-state index contributed by atoms with van der Waals surface area (Å²) < 4.78 is 5.49. The molecule has 1 aromatic carbocycles. The quantitative estimate of drug-likeness (QED) is 0.463. The fourth-order valence-electron chi connectivity index (χ4n) is 3.39. The standard InChI is InChI=1S/C25H22N4O3/c30-24(28-17-19-7-2-1-3-8-19)23(20-11-14-26-15-12-20)29(18-21-9-6-16-32-21)25(31)22-10-4-5-13-27-22/h1-16,23H,17-18H2,(H,28,30)/t23-/m1/s1. The number of hydrogen-bond donors (Lipinski definition) is 1. The Hall–Kier alpha value is -4.26. The molecule has 3 heterocycles. The van der Waals surface area contributed by atoms with Crippen molar-refractivity contribution in [3.05, 3.63) is 120 Å². The number of carbonyl (C=O) groups excluding carboxylic acids is 2. The second-order valence-electron chi connectivity index (χ2n) is 7.11. The third-order valence-corrected chi connectivity index (χ3v) is 4.94. The lowest BCUT2D eigenvalue weighted by Crippen LogP contribution is -2.43. The molecule has 0 bridgehead atoms. The van der Waals surface area contributed by atoms with E-state index in [2.05, 4.69) is 15.3 Å². The number of carbonyl (C=O) groups is 2. The van der Waals surface area contributed by atoms with Crippen LogP contribution in [0.25, 0.3) is 0 Å². The van der Waals surface area contributed by atoms with Crippen molar-refractivity contribution in [3.8, 4) is 0 Å². The van der Waals surface area contributed by atoms with Crippen LogP contribution in [0.1, 0.15) is 33.4 Å². The molecule has 2 amide bonds. The van der Waals surface area contributed by atoms with Crippen LogP contribution < -0.4 is 5.32 Å². The van der Waals surface area contributed by atoms with E-state index in [4.69, 9.17) is 4.42 Å². The maximum Gasteiger partial charge on any atom is 0.273 e. The predicted molar refractivity (Wildman–Crippen MR) is 118 cm³/mol. The number of pyridine rings is 2. The molecular formula is C25H22N4O3. The van der Waals surface area contributed by atoms with Gasteiger partial charge in [0.05, 0.1) is 12.8 Å². The molecule has 0 spiro atoms. The molecule has 7 nitrogen and oxygen atoms in total. The monoisotopic (exact) mass is 426 g/mol. The van der Waals surface area contributed by atoms with Crippen LogP contribution in [0.4, 0.5) is 0 Å². The van der Waals surface area contributed by atoms with Gasteiger partial charge in [-0.2, -0.15) is 0 Å². The topological polar surface area (TPSA) is 88.3 Å². The summed E-state index contributed by atoms with van der Waals surface area (Å²) >= 11 is 0. The van der Waals surface area contributed by atoms with Crippen molar-refractivity contribution in [2.24, 2.45) is 0 Å². The summed E-state index contributed by atoms with van der Waals surface area (Å²) in [6.45, 7) is 0.446. The van der Waals surface area contributed by atoms with Crippen molar-refractivity contribution in [2.75, 3.05) is 0 Å². The van der Waals surface area contributed by atoms with E-state index in [-0.39, 0.29) is 24.1 Å². The number of rotatable bonds is 8. The molecule has 4 aromatic rings. The van der Waals surface area contributed by atoms with Crippen molar-refractivity contribution < 1.29 is 14.0 Å². The van der Waals surface area contributed by atoms with Crippen LogP contribution in [0, 0.1) is 0 Å². The summed E-state index contributed by atoms with van der Waals surface area (Å²) in [7, 11) is 0. The van der Waals surface area contributed by atoms with Gasteiger partial charge in [-0.3, -0.25) is 19.6 Å². The summed E-state index contributed by atoms with van der Waals surface area (Å²) in [4.78, 5) is 36.7. The van der Waals surface area contributed by atoms with Crippen molar-refractivity contribution >= 4 is 11.8 Å². The summed E-state index contributed by atoms with van der Waals surface area (Å²) in [6.07, 6.45) is 6.29. The van der Waals surface area contributed by atoms with Gasteiger partial charge in [0.1, 0.15) is 17.5 Å². The first kappa shape index (κ1) is 21.0. The van der Waals surface area contributed by atoms with E-state index in [0.717, 1.165) is 5.56 Å². The smallest absolute Gasteiger partial charge is 0.273 e. The SMILES string of the molecule is O=C(NCc1ccccc1)[C@@H](c1ccncc1)N(Cc1ccco1)C(=O)c1ccccn1. The van der Waals surface area contributed by atoms with Crippen LogP contribution in [-0.2, 0) is 17.9 Å². The molecule has 3 aromatic heterocycles. The highest BCUT2D eigenvalue weighted by atomic mass is 16.3. The highest BCUT2D eigenvalue weighted by Gasteiger charge is 2.33. The molecule has 0 saturated carbocycles. The Morgan fingerprint density at radius 2 is 1.69 bits per heavy atom. The number of amides is 2. The first-order chi connectivity index (χ1) is 15.7. The highest BCUT2D eigenvalue weighted by Crippen LogP contribution is 2.25. The lowest BCUT2D eigenvalue weighted by atomic mass is 10.0. The molecule has 32 heavy (non-hydrogen) atoms. The zero-order valence-corrected chi connectivity index (χ0v) is 17.3. The molecule has 0 saturated heterocycles. The maximum absolute atomic E-state index is 13.5. The number of nitrogens with zero attached hydrogens (tertiary/aromatic N) is 3. The lowest BCUT2D eigenvalue weighted by molar-refractivity contribution is -0.126. The van der Waals surface area contributed by atoms with E-state index in [1.54, 1.807) is 61.1 Å². The van der Waals surface area contributed by atoms with Gasteiger partial charge in [-0.15, -0.1) is 0 Å². The number of benzene rings is 1. The molecule has 1 N–H and O–H groups in total. The summed E-state index contributed by atoms with van der Waals surface area (Å²) in [6, 6.07) is 20.8. The Bertz CT molecular complexity index is 1130. The van der Waals surface area contributed by atoms with E-state index >= 15 is 0 Å². The molecule has 0 fully saturated rings. The molecule has 0 aliphatic rings. The van der Waals surface area contributed by atoms with Crippen molar-refractivity contribution in [3.63, 3.8) is 0 Å². The predicted octanol–water partition coefficient (Wildman–Crippen LogP) is 3.77. The van der Waals surface area contributed by atoms with Crippen LogP contribution in [-0.4, -0.2) is 26.7 Å². The molecule has 4 rings (SSSR count). The second kappa shape index (κ2) is 10.2. The Labute approximate surface area is 185 Å². The van der Waals surface area contributed by atoms with Crippen LogP contribution >= 0.6 is 0 Å². The van der Waals surface area contributed by atoms with Crippen LogP contribution in [0.3, 0.4) is 0 Å². The fourth-order valence-corrected chi connectivity index (χ4v) is 3.39. The van der Waals surface area contributed by atoms with E-state index in [1.165, 1.54) is 11.2 Å². The van der Waals surface area contributed by atoms with Gasteiger partial charge in [-0.05, 0) is 47.5 Å².